The molecular formula is C31H36N6O3. The van der Waals surface area contributed by atoms with Crippen LogP contribution in [0.3, 0.4) is 0 Å². The first kappa shape index (κ1) is 28.4. The zero-order chi connectivity index (χ0) is 28.6. The van der Waals surface area contributed by atoms with E-state index in [0.29, 0.717) is 36.0 Å². The van der Waals surface area contributed by atoms with Crippen LogP contribution in [0.15, 0.2) is 67.0 Å². The number of rotatable bonds is 9. The Kier molecular flexibility index (Phi) is 9.16. The summed E-state index contributed by atoms with van der Waals surface area (Å²) in [7, 11) is 1.81. The number of phenols is 1. The molecule has 2 heterocycles. The van der Waals surface area contributed by atoms with Crippen LogP contribution in [0.25, 0.3) is 5.57 Å². The lowest BCUT2D eigenvalue weighted by atomic mass is 9.88. The molecule has 0 unspecified atom stereocenters. The average Bonchev–Trinajstić information content (AvgIpc) is 2.97. The van der Waals surface area contributed by atoms with Gasteiger partial charge < -0.3 is 31.4 Å². The Balaban J connectivity index is 1.37. The van der Waals surface area contributed by atoms with Crippen molar-refractivity contribution in [2.45, 2.75) is 38.6 Å². The van der Waals surface area contributed by atoms with E-state index in [2.05, 4.69) is 33.1 Å². The molecule has 3 aromatic rings. The first-order valence-electron chi connectivity index (χ1n) is 13.4. The summed E-state index contributed by atoms with van der Waals surface area (Å²) >= 11 is 0. The molecule has 1 aromatic heterocycles. The standard InChI is InChI=1S/C31H36N6O3/c1-20(2)35-29-11-9-25(19-34-29)30(39)36-27-16-24(8-10-28(27)38)31(40)37-14-12-23(13-15-37)21-4-6-22(7-5-21)26(17-32)18-33-3/h4-11,16-20,23,32-33,38H,12-15H2,1-3H3,(H,34,35)(H,36,39)/b26-18+,32-17?. The zero-order valence-electron chi connectivity index (χ0n) is 23.1. The monoisotopic (exact) mass is 540 g/mol. The van der Waals surface area contributed by atoms with Crippen molar-refractivity contribution in [2.75, 3.05) is 30.8 Å². The van der Waals surface area contributed by atoms with E-state index in [1.54, 1.807) is 24.4 Å². The van der Waals surface area contributed by atoms with Crippen molar-refractivity contribution in [1.29, 1.82) is 5.41 Å². The fraction of sp³-hybridized carbons (Fsp3) is 0.290. The summed E-state index contributed by atoms with van der Waals surface area (Å²) < 4.78 is 0. The van der Waals surface area contributed by atoms with Crippen molar-refractivity contribution in [1.82, 2.24) is 15.2 Å². The van der Waals surface area contributed by atoms with Crippen LogP contribution in [0, 0.1) is 5.41 Å². The van der Waals surface area contributed by atoms with Crippen LogP contribution in [0.1, 0.15) is 64.4 Å². The third-order valence-corrected chi connectivity index (χ3v) is 6.91. The van der Waals surface area contributed by atoms with E-state index >= 15 is 0 Å². The first-order chi connectivity index (χ1) is 19.3. The van der Waals surface area contributed by atoms with Gasteiger partial charge in [-0.1, -0.05) is 24.3 Å². The van der Waals surface area contributed by atoms with Gasteiger partial charge in [-0.05, 0) is 74.1 Å². The highest BCUT2D eigenvalue weighted by Gasteiger charge is 2.25. The van der Waals surface area contributed by atoms with Gasteiger partial charge in [0.15, 0.2) is 0 Å². The molecule has 0 atom stereocenters. The van der Waals surface area contributed by atoms with Crippen LogP contribution in [0.2, 0.25) is 0 Å². The molecule has 0 radical (unpaired) electrons. The number of aromatic nitrogens is 1. The minimum Gasteiger partial charge on any atom is -0.506 e. The van der Waals surface area contributed by atoms with Crippen molar-refractivity contribution in [2.24, 2.45) is 0 Å². The number of hydrogen-bond donors (Lipinski definition) is 5. The molecule has 1 saturated heterocycles. The molecule has 4 rings (SSSR count). The second kappa shape index (κ2) is 12.9. The molecule has 0 spiro atoms. The van der Waals surface area contributed by atoms with Crippen LogP contribution in [0.4, 0.5) is 11.5 Å². The van der Waals surface area contributed by atoms with E-state index in [1.165, 1.54) is 30.1 Å². The van der Waals surface area contributed by atoms with Gasteiger partial charge in [-0.3, -0.25) is 9.59 Å². The predicted molar refractivity (Wildman–Crippen MR) is 159 cm³/mol. The van der Waals surface area contributed by atoms with E-state index < -0.39 is 5.91 Å². The summed E-state index contributed by atoms with van der Waals surface area (Å²) in [5.74, 6) is 0.336. The number of pyridine rings is 1. The van der Waals surface area contributed by atoms with Gasteiger partial charge >= 0.3 is 0 Å². The fourth-order valence-corrected chi connectivity index (χ4v) is 4.78. The number of nitrogens with one attached hydrogen (secondary N) is 4. The molecule has 1 aliphatic heterocycles. The van der Waals surface area contributed by atoms with E-state index in [0.717, 1.165) is 24.0 Å². The number of benzene rings is 2. The Morgan fingerprint density at radius 1 is 1.02 bits per heavy atom. The molecule has 0 saturated carbocycles. The number of phenolic OH excluding ortho intramolecular Hbond substituents is 1. The maximum absolute atomic E-state index is 13.3. The third-order valence-electron chi connectivity index (χ3n) is 6.91. The molecule has 1 aliphatic rings. The first-order valence-corrected chi connectivity index (χ1v) is 13.4. The molecule has 2 aromatic carbocycles. The van der Waals surface area contributed by atoms with Gasteiger partial charge in [0.25, 0.3) is 11.8 Å². The number of amides is 2. The Morgan fingerprint density at radius 2 is 1.70 bits per heavy atom. The number of nitrogens with zero attached hydrogens (tertiary/aromatic N) is 2. The largest absolute Gasteiger partial charge is 0.506 e. The van der Waals surface area contributed by atoms with Crippen molar-refractivity contribution in [3.05, 3.63) is 89.2 Å². The number of allylic oxidation sites excluding steroid dienone is 1. The number of likely N-dealkylation sites (tertiary alicyclic amines) is 1. The number of hydrogen-bond acceptors (Lipinski definition) is 7. The van der Waals surface area contributed by atoms with Gasteiger partial charge in [-0.2, -0.15) is 0 Å². The molecule has 9 heteroatoms. The van der Waals surface area contributed by atoms with Crippen molar-refractivity contribution in [3.63, 3.8) is 0 Å². The molecule has 40 heavy (non-hydrogen) atoms. The highest BCUT2D eigenvalue weighted by Crippen LogP contribution is 2.31. The highest BCUT2D eigenvalue weighted by molar-refractivity contribution is 6.08. The normalized spacial score (nSPS) is 14.1. The van der Waals surface area contributed by atoms with Gasteiger partial charge in [0.05, 0.1) is 11.3 Å². The van der Waals surface area contributed by atoms with E-state index in [-0.39, 0.29) is 23.4 Å². The number of carbonyl (C=O) groups is 2. The van der Waals surface area contributed by atoms with Gasteiger partial charge in [-0.15, -0.1) is 0 Å². The molecule has 0 bridgehead atoms. The van der Waals surface area contributed by atoms with Crippen LogP contribution in [-0.2, 0) is 0 Å². The van der Waals surface area contributed by atoms with Crippen LogP contribution in [0.5, 0.6) is 5.75 Å². The number of aromatic hydroxyl groups is 1. The summed E-state index contributed by atoms with van der Waals surface area (Å²) in [6, 6.07) is 16.4. The lowest BCUT2D eigenvalue weighted by molar-refractivity contribution is 0.0712. The molecule has 2 amide bonds. The van der Waals surface area contributed by atoms with E-state index in [4.69, 9.17) is 5.41 Å². The highest BCUT2D eigenvalue weighted by atomic mass is 16.3. The number of anilines is 2. The fourth-order valence-electron chi connectivity index (χ4n) is 4.78. The lowest BCUT2D eigenvalue weighted by Crippen LogP contribution is -2.38. The zero-order valence-corrected chi connectivity index (χ0v) is 23.1. The predicted octanol–water partition coefficient (Wildman–Crippen LogP) is 5.09. The average molecular weight is 541 g/mol. The van der Waals surface area contributed by atoms with Crippen molar-refractivity contribution in [3.8, 4) is 5.75 Å². The summed E-state index contributed by atoms with van der Waals surface area (Å²) in [6.07, 6.45) is 6.27. The van der Waals surface area contributed by atoms with Gasteiger partial charge in [0, 0.05) is 55.9 Å². The smallest absolute Gasteiger partial charge is 0.257 e. The molecule has 208 valence electrons. The second-order valence-electron chi connectivity index (χ2n) is 10.1. The number of piperidine rings is 1. The molecular weight excluding hydrogens is 504 g/mol. The topological polar surface area (TPSA) is 130 Å². The second-order valence-corrected chi connectivity index (χ2v) is 10.1. The Labute approximate surface area is 234 Å². The third kappa shape index (κ3) is 6.85. The maximum Gasteiger partial charge on any atom is 0.257 e. The molecule has 9 nitrogen and oxygen atoms in total. The van der Waals surface area contributed by atoms with E-state index in [9.17, 15) is 14.7 Å². The van der Waals surface area contributed by atoms with Crippen molar-refractivity contribution >= 4 is 35.1 Å². The quantitative estimate of drug-likeness (QED) is 0.190. The Morgan fingerprint density at radius 3 is 2.30 bits per heavy atom. The Hall–Kier alpha value is -4.66. The minimum atomic E-state index is -0.426. The van der Waals surface area contributed by atoms with Crippen LogP contribution >= 0.6 is 0 Å². The molecule has 0 aliphatic carbocycles. The van der Waals surface area contributed by atoms with Gasteiger partial charge in [-0.25, -0.2) is 4.98 Å². The van der Waals surface area contributed by atoms with Crippen LogP contribution in [-0.4, -0.2) is 59.2 Å². The lowest BCUT2D eigenvalue weighted by Gasteiger charge is -2.32. The van der Waals surface area contributed by atoms with Crippen molar-refractivity contribution < 1.29 is 14.7 Å². The molecule has 1 fully saturated rings. The summed E-state index contributed by atoms with van der Waals surface area (Å²) in [5.41, 5.74) is 3.93. The summed E-state index contributed by atoms with van der Waals surface area (Å²) in [5, 5.41) is 26.8. The summed E-state index contributed by atoms with van der Waals surface area (Å²) in [4.78, 5) is 32.1. The van der Waals surface area contributed by atoms with Gasteiger partial charge in [0.1, 0.15) is 11.6 Å². The number of carbonyl (C=O) groups excluding carboxylic acids is 2. The minimum absolute atomic E-state index is 0.117. The maximum atomic E-state index is 13.3. The Bertz CT molecular complexity index is 1380. The SMILES string of the molecule is CN/C=C(\C=N)c1ccc(C2CCN(C(=O)c3ccc(O)c(NC(=O)c4ccc(NC(C)C)nc4)c3)CC2)cc1. The van der Waals surface area contributed by atoms with E-state index in [1.807, 2.05) is 37.9 Å². The molecule has 5 N–H and O–H groups in total. The summed E-state index contributed by atoms with van der Waals surface area (Å²) in [6.45, 7) is 5.23. The van der Waals surface area contributed by atoms with Gasteiger partial charge in [0.2, 0.25) is 0 Å². The van der Waals surface area contributed by atoms with Crippen LogP contribution < -0.4 is 16.0 Å².